The number of nitrogens with zero attached hydrogens (tertiary/aromatic N) is 2. The standard InChI is InChI=1S/C8H20N2O2/c1-9(2)6-7-10(3)8(11-4)12-5/h8H,6-7H2,1-5H3. The summed E-state index contributed by atoms with van der Waals surface area (Å²) >= 11 is 0. The van der Waals surface area contributed by atoms with E-state index < -0.39 is 0 Å². The molecule has 0 aromatic heterocycles. The highest BCUT2D eigenvalue weighted by atomic mass is 16.7. The second-order valence-corrected chi connectivity index (χ2v) is 3.06. The molecule has 0 atom stereocenters. The molecular weight excluding hydrogens is 156 g/mol. The van der Waals surface area contributed by atoms with E-state index in [0.29, 0.717) is 0 Å². The van der Waals surface area contributed by atoms with Crippen LogP contribution >= 0.6 is 0 Å². The van der Waals surface area contributed by atoms with E-state index in [4.69, 9.17) is 9.47 Å². The minimum Gasteiger partial charge on any atom is -0.343 e. The lowest BCUT2D eigenvalue weighted by Gasteiger charge is -2.25. The Hall–Kier alpha value is -0.160. The summed E-state index contributed by atoms with van der Waals surface area (Å²) in [6.07, 6.45) is -0.232. The Morgan fingerprint density at radius 3 is 1.83 bits per heavy atom. The molecule has 4 nitrogen and oxygen atoms in total. The van der Waals surface area contributed by atoms with Gasteiger partial charge in [0.2, 0.25) is 6.41 Å². The summed E-state index contributed by atoms with van der Waals surface area (Å²) in [4.78, 5) is 4.14. The van der Waals surface area contributed by atoms with E-state index in [-0.39, 0.29) is 6.41 Å². The van der Waals surface area contributed by atoms with Crippen LogP contribution in [0.25, 0.3) is 0 Å². The molecule has 0 aromatic carbocycles. The third-order valence-electron chi connectivity index (χ3n) is 1.66. The summed E-state index contributed by atoms with van der Waals surface area (Å²) in [6, 6.07) is 0. The van der Waals surface area contributed by atoms with E-state index >= 15 is 0 Å². The molecule has 0 radical (unpaired) electrons. The van der Waals surface area contributed by atoms with Gasteiger partial charge in [-0.1, -0.05) is 0 Å². The summed E-state index contributed by atoms with van der Waals surface area (Å²) in [5, 5.41) is 0. The van der Waals surface area contributed by atoms with Crippen molar-refractivity contribution in [1.29, 1.82) is 0 Å². The van der Waals surface area contributed by atoms with Crippen molar-refractivity contribution in [2.75, 3.05) is 48.5 Å². The zero-order chi connectivity index (χ0) is 9.56. The quantitative estimate of drug-likeness (QED) is 0.534. The van der Waals surface area contributed by atoms with Gasteiger partial charge in [-0.3, -0.25) is 4.90 Å². The van der Waals surface area contributed by atoms with Crippen molar-refractivity contribution in [3.05, 3.63) is 0 Å². The molecule has 12 heavy (non-hydrogen) atoms. The molecule has 74 valence electrons. The van der Waals surface area contributed by atoms with Crippen molar-refractivity contribution in [2.45, 2.75) is 6.41 Å². The Morgan fingerprint density at radius 2 is 1.50 bits per heavy atom. The fraction of sp³-hybridized carbons (Fsp3) is 1.00. The largest absolute Gasteiger partial charge is 0.343 e. The molecule has 0 unspecified atom stereocenters. The van der Waals surface area contributed by atoms with Gasteiger partial charge in [-0.25, -0.2) is 0 Å². The maximum absolute atomic E-state index is 5.08. The molecule has 0 heterocycles. The van der Waals surface area contributed by atoms with Gasteiger partial charge < -0.3 is 14.4 Å². The number of hydrogen-bond acceptors (Lipinski definition) is 4. The third kappa shape index (κ3) is 4.66. The van der Waals surface area contributed by atoms with Crippen LogP contribution in [0.5, 0.6) is 0 Å². The van der Waals surface area contributed by atoms with Gasteiger partial charge >= 0.3 is 0 Å². The number of methoxy groups -OCH3 is 2. The number of ether oxygens (including phenoxy) is 2. The van der Waals surface area contributed by atoms with Gasteiger partial charge in [0.05, 0.1) is 0 Å². The van der Waals surface area contributed by atoms with Crippen LogP contribution in [0.15, 0.2) is 0 Å². The Bertz CT molecular complexity index is 105. The zero-order valence-corrected chi connectivity index (χ0v) is 8.70. The zero-order valence-electron chi connectivity index (χ0n) is 8.70. The van der Waals surface area contributed by atoms with Crippen LogP contribution in [-0.4, -0.2) is 64.7 Å². The maximum Gasteiger partial charge on any atom is 0.217 e. The summed E-state index contributed by atoms with van der Waals surface area (Å²) in [5.74, 6) is 0. The maximum atomic E-state index is 5.08. The van der Waals surface area contributed by atoms with Crippen molar-refractivity contribution >= 4 is 0 Å². The molecule has 0 spiro atoms. The lowest BCUT2D eigenvalue weighted by molar-refractivity contribution is -0.188. The highest BCUT2D eigenvalue weighted by Crippen LogP contribution is 1.96. The third-order valence-corrected chi connectivity index (χ3v) is 1.66. The fourth-order valence-electron chi connectivity index (χ4n) is 0.919. The van der Waals surface area contributed by atoms with Crippen molar-refractivity contribution < 1.29 is 9.47 Å². The second kappa shape index (κ2) is 6.37. The molecule has 0 rings (SSSR count). The first kappa shape index (κ1) is 11.8. The van der Waals surface area contributed by atoms with Gasteiger partial charge in [0.1, 0.15) is 0 Å². The van der Waals surface area contributed by atoms with E-state index in [9.17, 15) is 0 Å². The molecule has 0 amide bonds. The van der Waals surface area contributed by atoms with Crippen molar-refractivity contribution in [3.63, 3.8) is 0 Å². The fourth-order valence-corrected chi connectivity index (χ4v) is 0.919. The van der Waals surface area contributed by atoms with Crippen LogP contribution in [0.1, 0.15) is 0 Å². The van der Waals surface area contributed by atoms with Gasteiger partial charge in [-0.05, 0) is 21.1 Å². The van der Waals surface area contributed by atoms with Crippen LogP contribution in [-0.2, 0) is 9.47 Å². The van der Waals surface area contributed by atoms with Crippen molar-refractivity contribution in [1.82, 2.24) is 9.80 Å². The minimum atomic E-state index is -0.232. The average Bonchev–Trinajstić information content (AvgIpc) is 2.03. The molecule has 0 aliphatic rings. The molecule has 0 aromatic rings. The lowest BCUT2D eigenvalue weighted by Crippen LogP contribution is -2.38. The normalized spacial score (nSPS) is 12.0. The molecule has 0 aliphatic carbocycles. The summed E-state index contributed by atoms with van der Waals surface area (Å²) in [5.41, 5.74) is 0. The predicted molar refractivity (Wildman–Crippen MR) is 49.0 cm³/mol. The monoisotopic (exact) mass is 176 g/mol. The topological polar surface area (TPSA) is 24.9 Å². The SMILES string of the molecule is COC(OC)N(C)CCN(C)C. The average molecular weight is 176 g/mol. The first-order chi connectivity index (χ1) is 5.61. The van der Waals surface area contributed by atoms with Crippen LogP contribution in [0.4, 0.5) is 0 Å². The first-order valence-corrected chi connectivity index (χ1v) is 4.02. The van der Waals surface area contributed by atoms with Crippen LogP contribution in [0.3, 0.4) is 0 Å². The number of likely N-dealkylation sites (N-methyl/N-ethyl adjacent to an activating group) is 2. The van der Waals surface area contributed by atoms with E-state index in [1.54, 1.807) is 14.2 Å². The van der Waals surface area contributed by atoms with Gasteiger partial charge in [0.25, 0.3) is 0 Å². The van der Waals surface area contributed by atoms with Gasteiger partial charge in [-0.2, -0.15) is 0 Å². The van der Waals surface area contributed by atoms with Crippen LogP contribution in [0, 0.1) is 0 Å². The minimum absolute atomic E-state index is 0.232. The molecule has 0 N–H and O–H groups in total. The molecular formula is C8H20N2O2. The number of hydrogen-bond donors (Lipinski definition) is 0. The number of rotatable bonds is 6. The smallest absolute Gasteiger partial charge is 0.217 e. The second-order valence-electron chi connectivity index (χ2n) is 3.06. The van der Waals surface area contributed by atoms with E-state index in [1.165, 1.54) is 0 Å². The molecule has 0 fully saturated rings. The summed E-state index contributed by atoms with van der Waals surface area (Å²) in [7, 11) is 9.34. The molecule has 4 heteroatoms. The van der Waals surface area contributed by atoms with E-state index in [2.05, 4.69) is 4.90 Å². The summed E-state index contributed by atoms with van der Waals surface area (Å²) < 4.78 is 10.2. The molecule has 0 saturated carbocycles. The molecule has 0 saturated heterocycles. The van der Waals surface area contributed by atoms with Gasteiger partial charge in [0.15, 0.2) is 0 Å². The highest BCUT2D eigenvalue weighted by molar-refractivity contribution is 4.52. The lowest BCUT2D eigenvalue weighted by atomic mass is 10.5. The Morgan fingerprint density at radius 1 is 1.00 bits per heavy atom. The van der Waals surface area contributed by atoms with E-state index in [1.807, 2.05) is 26.0 Å². The van der Waals surface area contributed by atoms with Crippen molar-refractivity contribution in [3.8, 4) is 0 Å². The van der Waals surface area contributed by atoms with E-state index in [0.717, 1.165) is 13.1 Å². The van der Waals surface area contributed by atoms with Crippen LogP contribution < -0.4 is 0 Å². The predicted octanol–water partition coefficient (Wildman–Crippen LogP) is 0.0562. The Kier molecular flexibility index (Phi) is 6.28. The molecule has 0 bridgehead atoms. The summed E-state index contributed by atoms with van der Waals surface area (Å²) in [6.45, 7) is 1.93. The Balaban J connectivity index is 3.61. The first-order valence-electron chi connectivity index (χ1n) is 4.02. The van der Waals surface area contributed by atoms with Gasteiger partial charge in [-0.15, -0.1) is 0 Å². The molecule has 0 aliphatic heterocycles. The van der Waals surface area contributed by atoms with Crippen molar-refractivity contribution in [2.24, 2.45) is 0 Å². The van der Waals surface area contributed by atoms with Crippen LogP contribution in [0.2, 0.25) is 0 Å². The van der Waals surface area contributed by atoms with Gasteiger partial charge in [0, 0.05) is 27.3 Å². The Labute approximate surface area is 75.0 Å². The highest BCUT2D eigenvalue weighted by Gasteiger charge is 2.11.